The number of hydrogen-bond acceptors (Lipinski definition) is 3. The highest BCUT2D eigenvalue weighted by atomic mass is 16.3. The lowest BCUT2D eigenvalue weighted by molar-refractivity contribution is 0.126. The van der Waals surface area contributed by atoms with Crippen LogP contribution in [-0.2, 0) is 0 Å². The molecule has 0 saturated carbocycles. The van der Waals surface area contributed by atoms with Gasteiger partial charge in [0.2, 0.25) is 0 Å². The molecular formula is C7H14N2O. The van der Waals surface area contributed by atoms with Gasteiger partial charge in [-0.05, 0) is 13.8 Å². The first-order chi connectivity index (χ1) is 4.52. The summed E-state index contributed by atoms with van der Waals surface area (Å²) in [6.45, 7) is 3.32. The van der Waals surface area contributed by atoms with Crippen molar-refractivity contribution in [1.29, 1.82) is 0 Å². The number of rotatable bonds is 2. The lowest BCUT2D eigenvalue weighted by atomic mass is 10.0. The van der Waals surface area contributed by atoms with Gasteiger partial charge in [-0.1, -0.05) is 0 Å². The predicted molar refractivity (Wildman–Crippen MR) is 43.0 cm³/mol. The standard InChI is InChI=1S/C7H14N2O/c1-7(2,10)6(4-8)5-9-3/h4-5,10H,8H2,1-3H3. The van der Waals surface area contributed by atoms with Crippen LogP contribution in [0.1, 0.15) is 13.8 Å². The van der Waals surface area contributed by atoms with Crippen LogP contribution < -0.4 is 5.73 Å². The molecule has 0 spiro atoms. The van der Waals surface area contributed by atoms with Crippen molar-refractivity contribution in [3.8, 4) is 0 Å². The van der Waals surface area contributed by atoms with Gasteiger partial charge in [0.05, 0.1) is 5.60 Å². The minimum Gasteiger partial charge on any atom is -0.404 e. The largest absolute Gasteiger partial charge is 0.404 e. The SMILES string of the molecule is CN=CC(=CN)C(C)(C)O. The molecule has 58 valence electrons. The Balaban J connectivity index is 4.39. The lowest BCUT2D eigenvalue weighted by Crippen LogP contribution is -2.23. The van der Waals surface area contributed by atoms with Crippen molar-refractivity contribution in [1.82, 2.24) is 0 Å². The van der Waals surface area contributed by atoms with Crippen LogP contribution in [0, 0.1) is 0 Å². The molecule has 0 heterocycles. The molecule has 0 aromatic heterocycles. The quantitative estimate of drug-likeness (QED) is 0.545. The average molecular weight is 142 g/mol. The van der Waals surface area contributed by atoms with E-state index in [1.165, 1.54) is 6.20 Å². The molecule has 0 aliphatic carbocycles. The van der Waals surface area contributed by atoms with E-state index in [1.54, 1.807) is 27.1 Å². The Labute approximate surface area is 61.3 Å². The normalized spacial score (nSPS) is 14.6. The van der Waals surface area contributed by atoms with Crippen molar-refractivity contribution < 1.29 is 5.11 Å². The number of nitrogens with two attached hydrogens (primary N) is 1. The monoisotopic (exact) mass is 142 g/mol. The molecule has 0 aliphatic heterocycles. The van der Waals surface area contributed by atoms with Crippen LogP contribution in [0.4, 0.5) is 0 Å². The van der Waals surface area contributed by atoms with Crippen molar-refractivity contribution in [2.24, 2.45) is 10.7 Å². The van der Waals surface area contributed by atoms with Gasteiger partial charge in [-0.2, -0.15) is 0 Å². The van der Waals surface area contributed by atoms with Crippen molar-refractivity contribution in [3.63, 3.8) is 0 Å². The highest BCUT2D eigenvalue weighted by molar-refractivity contribution is 5.80. The first-order valence-electron chi connectivity index (χ1n) is 3.09. The Morgan fingerprint density at radius 1 is 1.60 bits per heavy atom. The fourth-order valence-corrected chi connectivity index (χ4v) is 0.544. The van der Waals surface area contributed by atoms with Crippen LogP contribution in [0.15, 0.2) is 16.8 Å². The molecular weight excluding hydrogens is 128 g/mol. The van der Waals surface area contributed by atoms with E-state index < -0.39 is 5.60 Å². The molecule has 0 saturated heterocycles. The Bertz CT molecular complexity index is 153. The summed E-state index contributed by atoms with van der Waals surface area (Å²) in [5.41, 5.74) is 4.96. The summed E-state index contributed by atoms with van der Waals surface area (Å²) in [5.74, 6) is 0. The molecule has 3 N–H and O–H groups in total. The van der Waals surface area contributed by atoms with Gasteiger partial charge in [0.15, 0.2) is 0 Å². The molecule has 0 aliphatic rings. The Morgan fingerprint density at radius 2 is 2.10 bits per heavy atom. The fraction of sp³-hybridized carbons (Fsp3) is 0.571. The minimum atomic E-state index is -0.895. The number of nitrogens with zero attached hydrogens (tertiary/aromatic N) is 1. The van der Waals surface area contributed by atoms with Gasteiger partial charge in [-0.15, -0.1) is 0 Å². The third-order valence-corrected chi connectivity index (χ3v) is 1.15. The van der Waals surface area contributed by atoms with Gasteiger partial charge in [0.25, 0.3) is 0 Å². The second-order valence-electron chi connectivity index (χ2n) is 2.57. The van der Waals surface area contributed by atoms with Gasteiger partial charge < -0.3 is 10.8 Å². The second-order valence-corrected chi connectivity index (χ2v) is 2.57. The van der Waals surface area contributed by atoms with E-state index in [9.17, 15) is 5.11 Å². The Kier molecular flexibility index (Phi) is 3.09. The minimum absolute atomic E-state index is 0.620. The van der Waals surface area contributed by atoms with E-state index in [-0.39, 0.29) is 0 Å². The van der Waals surface area contributed by atoms with Gasteiger partial charge in [-0.3, -0.25) is 4.99 Å². The fourth-order valence-electron chi connectivity index (χ4n) is 0.544. The third-order valence-electron chi connectivity index (χ3n) is 1.15. The van der Waals surface area contributed by atoms with E-state index >= 15 is 0 Å². The van der Waals surface area contributed by atoms with Crippen LogP contribution in [0.3, 0.4) is 0 Å². The number of hydrogen-bond donors (Lipinski definition) is 2. The zero-order valence-corrected chi connectivity index (χ0v) is 6.63. The first kappa shape index (κ1) is 9.17. The van der Waals surface area contributed by atoms with Crippen molar-refractivity contribution in [3.05, 3.63) is 11.8 Å². The smallest absolute Gasteiger partial charge is 0.0869 e. The first-order valence-corrected chi connectivity index (χ1v) is 3.09. The zero-order chi connectivity index (χ0) is 8.20. The molecule has 3 nitrogen and oxygen atoms in total. The molecule has 3 heteroatoms. The van der Waals surface area contributed by atoms with Gasteiger partial charge >= 0.3 is 0 Å². The number of aliphatic imine (C=N–C) groups is 1. The zero-order valence-electron chi connectivity index (χ0n) is 6.63. The molecule has 0 aromatic carbocycles. The summed E-state index contributed by atoms with van der Waals surface area (Å²) in [5, 5.41) is 9.37. The third kappa shape index (κ3) is 2.64. The summed E-state index contributed by atoms with van der Waals surface area (Å²) in [6.07, 6.45) is 2.90. The molecule has 0 atom stereocenters. The maximum absolute atomic E-state index is 9.37. The number of aliphatic hydroxyl groups is 1. The van der Waals surface area contributed by atoms with Crippen LogP contribution >= 0.6 is 0 Å². The molecule has 0 rings (SSSR count). The topological polar surface area (TPSA) is 58.6 Å². The molecule has 0 unspecified atom stereocenters. The van der Waals surface area contributed by atoms with Crippen molar-refractivity contribution in [2.45, 2.75) is 19.4 Å². The average Bonchev–Trinajstić information content (AvgIpc) is 1.80. The van der Waals surface area contributed by atoms with Crippen molar-refractivity contribution in [2.75, 3.05) is 7.05 Å². The molecule has 10 heavy (non-hydrogen) atoms. The summed E-state index contributed by atoms with van der Waals surface area (Å²) >= 11 is 0. The second kappa shape index (κ2) is 3.37. The highest BCUT2D eigenvalue weighted by Crippen LogP contribution is 2.11. The summed E-state index contributed by atoms with van der Waals surface area (Å²) in [7, 11) is 1.63. The molecule has 0 aromatic rings. The van der Waals surface area contributed by atoms with E-state index in [2.05, 4.69) is 4.99 Å². The van der Waals surface area contributed by atoms with Crippen LogP contribution in [0.25, 0.3) is 0 Å². The molecule has 0 radical (unpaired) electrons. The maximum Gasteiger partial charge on any atom is 0.0869 e. The van der Waals surface area contributed by atoms with E-state index in [4.69, 9.17) is 5.73 Å². The van der Waals surface area contributed by atoms with E-state index in [0.717, 1.165) is 0 Å². The van der Waals surface area contributed by atoms with Gasteiger partial charge in [0.1, 0.15) is 0 Å². The van der Waals surface area contributed by atoms with E-state index in [1.807, 2.05) is 0 Å². The Hall–Kier alpha value is -0.830. The lowest BCUT2D eigenvalue weighted by Gasteiger charge is -2.16. The van der Waals surface area contributed by atoms with Gasteiger partial charge in [-0.25, -0.2) is 0 Å². The molecule has 0 amide bonds. The van der Waals surface area contributed by atoms with Crippen LogP contribution in [-0.4, -0.2) is 24.0 Å². The maximum atomic E-state index is 9.37. The van der Waals surface area contributed by atoms with Crippen LogP contribution in [0.5, 0.6) is 0 Å². The predicted octanol–water partition coefficient (Wildman–Crippen LogP) is 0.300. The summed E-state index contributed by atoms with van der Waals surface area (Å²) in [6, 6.07) is 0. The van der Waals surface area contributed by atoms with Gasteiger partial charge in [0, 0.05) is 25.0 Å². The van der Waals surface area contributed by atoms with Crippen molar-refractivity contribution >= 4 is 6.21 Å². The van der Waals surface area contributed by atoms with E-state index in [0.29, 0.717) is 5.57 Å². The Morgan fingerprint density at radius 3 is 2.20 bits per heavy atom. The summed E-state index contributed by atoms with van der Waals surface area (Å²) < 4.78 is 0. The summed E-state index contributed by atoms with van der Waals surface area (Å²) in [4.78, 5) is 3.74. The molecule has 0 bridgehead atoms. The van der Waals surface area contributed by atoms with Crippen LogP contribution in [0.2, 0.25) is 0 Å². The highest BCUT2D eigenvalue weighted by Gasteiger charge is 2.16. The molecule has 0 fully saturated rings.